The van der Waals surface area contributed by atoms with E-state index in [4.69, 9.17) is 4.52 Å². The molecular formula is C18H19F2N5O2. The quantitative estimate of drug-likeness (QED) is 0.736. The molecule has 1 amide bonds. The minimum atomic E-state index is -0.740. The lowest BCUT2D eigenvalue weighted by Crippen LogP contribution is -2.27. The van der Waals surface area contributed by atoms with Gasteiger partial charge in [-0.3, -0.25) is 9.48 Å². The first-order valence-electron chi connectivity index (χ1n) is 8.41. The molecule has 0 aliphatic carbocycles. The van der Waals surface area contributed by atoms with Crippen LogP contribution in [-0.2, 0) is 0 Å². The lowest BCUT2D eigenvalue weighted by Gasteiger charge is -2.08. The Hall–Kier alpha value is -3.10. The molecule has 3 aromatic rings. The van der Waals surface area contributed by atoms with Crippen LogP contribution in [0.4, 0.5) is 8.78 Å². The second-order valence-corrected chi connectivity index (χ2v) is 6.51. The number of carbonyl (C=O) groups excluding carboxylic acids is 1. The van der Waals surface area contributed by atoms with Crippen molar-refractivity contribution in [3.05, 3.63) is 53.2 Å². The summed E-state index contributed by atoms with van der Waals surface area (Å²) >= 11 is 0. The second kappa shape index (κ2) is 7.26. The molecule has 1 aromatic carbocycles. The Morgan fingerprint density at radius 2 is 1.85 bits per heavy atom. The summed E-state index contributed by atoms with van der Waals surface area (Å²) in [5.74, 6) is -1.65. The fourth-order valence-electron chi connectivity index (χ4n) is 2.52. The van der Waals surface area contributed by atoms with Gasteiger partial charge in [0.1, 0.15) is 17.7 Å². The van der Waals surface area contributed by atoms with Crippen molar-refractivity contribution in [2.75, 3.05) is 0 Å². The van der Waals surface area contributed by atoms with E-state index in [9.17, 15) is 13.6 Å². The van der Waals surface area contributed by atoms with Gasteiger partial charge in [-0.05, 0) is 39.8 Å². The van der Waals surface area contributed by atoms with E-state index in [0.717, 1.165) is 18.2 Å². The minimum absolute atomic E-state index is 0.0355. The molecule has 7 nitrogen and oxygen atoms in total. The van der Waals surface area contributed by atoms with Crippen molar-refractivity contribution in [3.8, 4) is 11.4 Å². The smallest absolute Gasteiger partial charge is 0.255 e. The fourth-order valence-corrected chi connectivity index (χ4v) is 2.52. The summed E-state index contributed by atoms with van der Waals surface area (Å²) in [6, 6.07) is 2.49. The molecule has 0 saturated carbocycles. The average molecular weight is 375 g/mol. The average Bonchev–Trinajstić information content (AvgIpc) is 3.20. The van der Waals surface area contributed by atoms with E-state index in [0.29, 0.717) is 11.3 Å². The van der Waals surface area contributed by atoms with Crippen LogP contribution in [0.2, 0.25) is 0 Å². The van der Waals surface area contributed by atoms with E-state index in [1.165, 1.54) is 0 Å². The fraction of sp³-hybridized carbons (Fsp3) is 0.333. The van der Waals surface area contributed by atoms with Gasteiger partial charge in [-0.1, -0.05) is 5.16 Å². The Kier molecular flexibility index (Phi) is 5.02. The minimum Gasteiger partial charge on any atom is -0.340 e. The number of halogens is 2. The van der Waals surface area contributed by atoms with Gasteiger partial charge in [0.25, 0.3) is 5.91 Å². The highest BCUT2D eigenvalue weighted by atomic mass is 19.1. The Balaban J connectivity index is 1.76. The predicted molar refractivity (Wildman–Crippen MR) is 92.9 cm³/mol. The van der Waals surface area contributed by atoms with Crippen LogP contribution in [0, 0.1) is 18.6 Å². The third kappa shape index (κ3) is 4.02. The van der Waals surface area contributed by atoms with E-state index in [-0.39, 0.29) is 29.2 Å². The van der Waals surface area contributed by atoms with Crippen LogP contribution in [0.25, 0.3) is 11.4 Å². The number of hydrogen-bond acceptors (Lipinski definition) is 5. The van der Waals surface area contributed by atoms with Crippen molar-refractivity contribution < 1.29 is 18.1 Å². The van der Waals surface area contributed by atoms with Gasteiger partial charge in [0.05, 0.1) is 11.3 Å². The zero-order valence-corrected chi connectivity index (χ0v) is 15.3. The van der Waals surface area contributed by atoms with Crippen molar-refractivity contribution in [2.45, 2.75) is 39.8 Å². The number of aryl methyl sites for hydroxylation is 1. The van der Waals surface area contributed by atoms with Gasteiger partial charge in [-0.15, -0.1) is 0 Å². The summed E-state index contributed by atoms with van der Waals surface area (Å²) < 4.78 is 33.5. The molecule has 1 N–H and O–H groups in total. The van der Waals surface area contributed by atoms with Gasteiger partial charge in [-0.25, -0.2) is 8.78 Å². The number of benzene rings is 1. The van der Waals surface area contributed by atoms with E-state index < -0.39 is 17.7 Å². The Bertz CT molecular complexity index is 960. The van der Waals surface area contributed by atoms with Crippen molar-refractivity contribution in [1.29, 1.82) is 0 Å². The van der Waals surface area contributed by atoms with Gasteiger partial charge in [0.15, 0.2) is 0 Å². The van der Waals surface area contributed by atoms with Crippen molar-refractivity contribution in [3.63, 3.8) is 0 Å². The Labute approximate surface area is 154 Å². The summed E-state index contributed by atoms with van der Waals surface area (Å²) in [7, 11) is 0. The summed E-state index contributed by atoms with van der Waals surface area (Å²) in [6.45, 7) is 7.35. The van der Waals surface area contributed by atoms with Crippen LogP contribution in [0.3, 0.4) is 0 Å². The maximum Gasteiger partial charge on any atom is 0.255 e. The summed E-state index contributed by atoms with van der Waals surface area (Å²) in [5, 5.41) is 10.8. The number of nitrogens with one attached hydrogen (secondary N) is 1. The summed E-state index contributed by atoms with van der Waals surface area (Å²) in [4.78, 5) is 16.6. The first-order chi connectivity index (χ1) is 12.7. The van der Waals surface area contributed by atoms with Gasteiger partial charge in [0.2, 0.25) is 11.7 Å². The first-order valence-corrected chi connectivity index (χ1v) is 8.41. The van der Waals surface area contributed by atoms with Gasteiger partial charge in [0, 0.05) is 23.9 Å². The van der Waals surface area contributed by atoms with Crippen LogP contribution in [0.1, 0.15) is 54.8 Å². The molecule has 0 radical (unpaired) electrons. The molecule has 0 bridgehead atoms. The predicted octanol–water partition coefficient (Wildman–Crippen LogP) is 3.59. The molecule has 27 heavy (non-hydrogen) atoms. The van der Waals surface area contributed by atoms with Crippen LogP contribution in [0.15, 0.2) is 28.9 Å². The summed E-state index contributed by atoms with van der Waals surface area (Å²) in [6.07, 6.45) is 1.68. The number of rotatable bonds is 5. The molecule has 0 spiro atoms. The van der Waals surface area contributed by atoms with E-state index in [1.54, 1.807) is 24.7 Å². The molecule has 0 unspecified atom stereocenters. The van der Waals surface area contributed by atoms with Crippen molar-refractivity contribution in [1.82, 2.24) is 25.2 Å². The SMILES string of the molecule is Cc1nn(C(C)C)cc1C(=O)N[C@@H](C)c1nc(-c2cc(F)cc(F)c2)no1. The number of amides is 1. The molecule has 0 aliphatic rings. The lowest BCUT2D eigenvalue weighted by molar-refractivity contribution is 0.0932. The monoisotopic (exact) mass is 375 g/mol. The highest BCUT2D eigenvalue weighted by molar-refractivity contribution is 5.95. The molecule has 9 heteroatoms. The summed E-state index contributed by atoms with van der Waals surface area (Å²) in [5.41, 5.74) is 1.20. The maximum absolute atomic E-state index is 13.3. The molecule has 0 fully saturated rings. The zero-order valence-electron chi connectivity index (χ0n) is 15.3. The Morgan fingerprint density at radius 1 is 1.19 bits per heavy atom. The van der Waals surface area contributed by atoms with E-state index >= 15 is 0 Å². The number of hydrogen-bond donors (Lipinski definition) is 1. The second-order valence-electron chi connectivity index (χ2n) is 6.51. The van der Waals surface area contributed by atoms with Crippen molar-refractivity contribution in [2.24, 2.45) is 0 Å². The highest BCUT2D eigenvalue weighted by Gasteiger charge is 2.21. The van der Waals surface area contributed by atoms with Gasteiger partial charge < -0.3 is 9.84 Å². The normalized spacial score (nSPS) is 12.4. The molecule has 0 saturated heterocycles. The lowest BCUT2D eigenvalue weighted by atomic mass is 10.2. The topological polar surface area (TPSA) is 85.8 Å². The van der Waals surface area contributed by atoms with Gasteiger partial charge >= 0.3 is 0 Å². The van der Waals surface area contributed by atoms with Crippen molar-refractivity contribution >= 4 is 5.91 Å². The highest BCUT2D eigenvalue weighted by Crippen LogP contribution is 2.21. The molecule has 0 aliphatic heterocycles. The third-order valence-corrected chi connectivity index (χ3v) is 3.97. The molecule has 142 valence electrons. The molecule has 3 rings (SSSR count). The Morgan fingerprint density at radius 3 is 2.44 bits per heavy atom. The standard InChI is InChI=1S/C18H19F2N5O2/c1-9(2)25-8-15(10(3)23-25)17(26)21-11(4)18-22-16(24-27-18)12-5-13(19)7-14(20)6-12/h5-9,11H,1-4H3,(H,21,26)/t11-/m0/s1. The van der Waals surface area contributed by atoms with E-state index in [1.807, 2.05) is 13.8 Å². The molecule has 2 heterocycles. The molecule has 2 aromatic heterocycles. The van der Waals surface area contributed by atoms with Crippen LogP contribution < -0.4 is 5.32 Å². The molecular weight excluding hydrogens is 356 g/mol. The maximum atomic E-state index is 13.3. The van der Waals surface area contributed by atoms with Gasteiger partial charge in [-0.2, -0.15) is 10.1 Å². The zero-order chi connectivity index (χ0) is 19.7. The van der Waals surface area contributed by atoms with Crippen LogP contribution in [-0.4, -0.2) is 25.8 Å². The number of carbonyl (C=O) groups is 1. The van der Waals surface area contributed by atoms with Crippen LogP contribution >= 0.6 is 0 Å². The molecule has 1 atom stereocenters. The number of nitrogens with zero attached hydrogens (tertiary/aromatic N) is 4. The number of aromatic nitrogens is 4. The first kappa shape index (κ1) is 18.7. The third-order valence-electron chi connectivity index (χ3n) is 3.97. The largest absolute Gasteiger partial charge is 0.340 e. The van der Waals surface area contributed by atoms with Crippen LogP contribution in [0.5, 0.6) is 0 Å². The van der Waals surface area contributed by atoms with E-state index in [2.05, 4.69) is 20.6 Å².